The van der Waals surface area contributed by atoms with Crippen molar-refractivity contribution in [2.24, 2.45) is 0 Å². The van der Waals surface area contributed by atoms with Gasteiger partial charge < -0.3 is 5.32 Å². The molecule has 0 aromatic carbocycles. The number of nitrogens with one attached hydrogen (secondary N) is 1. The van der Waals surface area contributed by atoms with Crippen molar-refractivity contribution in [2.45, 2.75) is 32.9 Å². The molecule has 1 aromatic rings. The molecule has 3 heteroatoms. The molecule has 1 unspecified atom stereocenters. The van der Waals surface area contributed by atoms with E-state index in [1.165, 1.54) is 0 Å². The number of nitrogens with zero attached hydrogens (tertiary/aromatic N) is 1. The summed E-state index contributed by atoms with van der Waals surface area (Å²) in [7, 11) is 0. The van der Waals surface area contributed by atoms with E-state index in [0.29, 0.717) is 12.1 Å². The number of rotatable bonds is 3. The maximum absolute atomic E-state index is 4.27. The van der Waals surface area contributed by atoms with Gasteiger partial charge in [0.05, 0.1) is 5.69 Å². The van der Waals surface area contributed by atoms with Gasteiger partial charge in [-0.15, -0.1) is 12.4 Å². The van der Waals surface area contributed by atoms with Crippen molar-refractivity contribution in [3.05, 3.63) is 30.1 Å². The topological polar surface area (TPSA) is 24.9 Å². The van der Waals surface area contributed by atoms with Gasteiger partial charge in [0, 0.05) is 18.3 Å². The molecule has 0 fully saturated rings. The molecule has 0 spiro atoms. The molecule has 0 saturated heterocycles. The fourth-order valence-electron chi connectivity index (χ4n) is 1.22. The lowest BCUT2D eigenvalue weighted by atomic mass is 10.2. The Labute approximate surface area is 86.2 Å². The highest BCUT2D eigenvalue weighted by Gasteiger charge is 2.05. The SMILES string of the molecule is CC(C)NC(C)c1ccccn1.Cl. The Kier molecular flexibility index (Phi) is 5.67. The summed E-state index contributed by atoms with van der Waals surface area (Å²) >= 11 is 0. The van der Waals surface area contributed by atoms with E-state index < -0.39 is 0 Å². The second kappa shape index (κ2) is 5.95. The predicted octanol–water partition coefficient (Wildman–Crippen LogP) is 2.56. The van der Waals surface area contributed by atoms with E-state index in [1.807, 2.05) is 24.4 Å². The summed E-state index contributed by atoms with van der Waals surface area (Å²) in [6.07, 6.45) is 1.83. The highest BCUT2D eigenvalue weighted by molar-refractivity contribution is 5.85. The first-order valence-corrected chi connectivity index (χ1v) is 4.37. The van der Waals surface area contributed by atoms with Gasteiger partial charge in [-0.25, -0.2) is 0 Å². The molecule has 74 valence electrons. The Morgan fingerprint density at radius 2 is 1.92 bits per heavy atom. The fraction of sp³-hybridized carbons (Fsp3) is 0.500. The Bertz CT molecular complexity index is 224. The van der Waals surface area contributed by atoms with E-state index >= 15 is 0 Å². The van der Waals surface area contributed by atoms with Gasteiger partial charge in [-0.1, -0.05) is 19.9 Å². The molecule has 0 amide bonds. The van der Waals surface area contributed by atoms with Crippen LogP contribution in [0.5, 0.6) is 0 Å². The average Bonchev–Trinajstić information content (AvgIpc) is 2.05. The van der Waals surface area contributed by atoms with Crippen molar-refractivity contribution in [3.8, 4) is 0 Å². The summed E-state index contributed by atoms with van der Waals surface area (Å²) in [5, 5.41) is 3.40. The summed E-state index contributed by atoms with van der Waals surface area (Å²) in [6.45, 7) is 6.40. The standard InChI is InChI=1S/C10H16N2.ClH/c1-8(2)12-9(3)10-6-4-5-7-11-10;/h4-9,12H,1-3H3;1H. The molecule has 1 N–H and O–H groups in total. The van der Waals surface area contributed by atoms with Crippen molar-refractivity contribution < 1.29 is 0 Å². The van der Waals surface area contributed by atoms with E-state index in [2.05, 4.69) is 31.1 Å². The molecule has 0 aliphatic carbocycles. The summed E-state index contributed by atoms with van der Waals surface area (Å²) in [6, 6.07) is 6.83. The van der Waals surface area contributed by atoms with Crippen LogP contribution < -0.4 is 5.32 Å². The number of halogens is 1. The predicted molar refractivity (Wildman–Crippen MR) is 58.2 cm³/mol. The molecule has 0 bridgehead atoms. The third-order valence-electron chi connectivity index (χ3n) is 1.71. The molecular formula is C10H17ClN2. The van der Waals surface area contributed by atoms with Gasteiger partial charge in [-0.3, -0.25) is 4.98 Å². The van der Waals surface area contributed by atoms with Gasteiger partial charge in [-0.2, -0.15) is 0 Å². The number of hydrogen-bond donors (Lipinski definition) is 1. The van der Waals surface area contributed by atoms with Crippen LogP contribution in [-0.2, 0) is 0 Å². The van der Waals surface area contributed by atoms with Crippen LogP contribution in [0.25, 0.3) is 0 Å². The van der Waals surface area contributed by atoms with Crippen LogP contribution in [0.4, 0.5) is 0 Å². The second-order valence-electron chi connectivity index (χ2n) is 3.30. The van der Waals surface area contributed by atoms with Crippen LogP contribution in [-0.4, -0.2) is 11.0 Å². The Morgan fingerprint density at radius 1 is 1.23 bits per heavy atom. The summed E-state index contributed by atoms with van der Waals surface area (Å²) in [5.41, 5.74) is 1.10. The average molecular weight is 201 g/mol. The zero-order chi connectivity index (χ0) is 8.97. The fourth-order valence-corrected chi connectivity index (χ4v) is 1.22. The van der Waals surface area contributed by atoms with Crippen LogP contribution in [0.15, 0.2) is 24.4 Å². The van der Waals surface area contributed by atoms with Crippen LogP contribution in [0.3, 0.4) is 0 Å². The quantitative estimate of drug-likeness (QED) is 0.812. The number of hydrogen-bond acceptors (Lipinski definition) is 2. The van der Waals surface area contributed by atoms with Crippen LogP contribution in [0.2, 0.25) is 0 Å². The maximum Gasteiger partial charge on any atom is 0.0570 e. The third kappa shape index (κ3) is 4.25. The first-order valence-electron chi connectivity index (χ1n) is 4.37. The second-order valence-corrected chi connectivity index (χ2v) is 3.30. The normalized spacial score (nSPS) is 12.3. The maximum atomic E-state index is 4.27. The Hall–Kier alpha value is -0.600. The largest absolute Gasteiger partial charge is 0.307 e. The summed E-state index contributed by atoms with van der Waals surface area (Å²) in [5.74, 6) is 0. The van der Waals surface area contributed by atoms with Gasteiger partial charge in [0.25, 0.3) is 0 Å². The van der Waals surface area contributed by atoms with Crippen LogP contribution in [0.1, 0.15) is 32.5 Å². The molecule has 0 radical (unpaired) electrons. The molecule has 0 aliphatic heterocycles. The van der Waals surface area contributed by atoms with Gasteiger partial charge in [0.15, 0.2) is 0 Å². The lowest BCUT2D eigenvalue weighted by Crippen LogP contribution is -2.26. The zero-order valence-electron chi connectivity index (χ0n) is 8.32. The molecule has 1 aromatic heterocycles. The summed E-state index contributed by atoms with van der Waals surface area (Å²) < 4.78 is 0. The first kappa shape index (κ1) is 12.4. The highest BCUT2D eigenvalue weighted by atomic mass is 35.5. The first-order chi connectivity index (χ1) is 5.70. The van der Waals surface area contributed by atoms with Gasteiger partial charge in [0.2, 0.25) is 0 Å². The van der Waals surface area contributed by atoms with E-state index in [-0.39, 0.29) is 12.4 Å². The zero-order valence-corrected chi connectivity index (χ0v) is 9.14. The van der Waals surface area contributed by atoms with E-state index in [0.717, 1.165) is 5.69 Å². The number of pyridine rings is 1. The van der Waals surface area contributed by atoms with E-state index in [4.69, 9.17) is 0 Å². The molecule has 13 heavy (non-hydrogen) atoms. The minimum Gasteiger partial charge on any atom is -0.307 e. The van der Waals surface area contributed by atoms with Crippen molar-refractivity contribution >= 4 is 12.4 Å². The number of aromatic nitrogens is 1. The molecule has 1 atom stereocenters. The van der Waals surface area contributed by atoms with Gasteiger partial charge in [-0.05, 0) is 19.1 Å². The third-order valence-corrected chi connectivity index (χ3v) is 1.71. The van der Waals surface area contributed by atoms with Crippen molar-refractivity contribution in [1.29, 1.82) is 0 Å². The van der Waals surface area contributed by atoms with Crippen molar-refractivity contribution in [3.63, 3.8) is 0 Å². The van der Waals surface area contributed by atoms with Gasteiger partial charge in [0.1, 0.15) is 0 Å². The van der Waals surface area contributed by atoms with Gasteiger partial charge >= 0.3 is 0 Å². The monoisotopic (exact) mass is 200 g/mol. The molecular weight excluding hydrogens is 184 g/mol. The molecule has 0 aliphatic rings. The van der Waals surface area contributed by atoms with E-state index in [9.17, 15) is 0 Å². The smallest absolute Gasteiger partial charge is 0.0570 e. The van der Waals surface area contributed by atoms with Crippen LogP contribution >= 0.6 is 12.4 Å². The minimum absolute atomic E-state index is 0. The van der Waals surface area contributed by atoms with Crippen molar-refractivity contribution in [1.82, 2.24) is 10.3 Å². The molecule has 2 nitrogen and oxygen atoms in total. The Morgan fingerprint density at radius 3 is 2.38 bits per heavy atom. The lowest BCUT2D eigenvalue weighted by molar-refractivity contribution is 0.497. The van der Waals surface area contributed by atoms with Crippen LogP contribution in [0, 0.1) is 0 Å². The Balaban J connectivity index is 0.00000144. The lowest BCUT2D eigenvalue weighted by Gasteiger charge is -2.15. The summed E-state index contributed by atoms with van der Waals surface area (Å²) in [4.78, 5) is 4.27. The van der Waals surface area contributed by atoms with Crippen molar-refractivity contribution in [2.75, 3.05) is 0 Å². The molecule has 1 heterocycles. The van der Waals surface area contributed by atoms with E-state index in [1.54, 1.807) is 0 Å². The molecule has 1 rings (SSSR count). The highest BCUT2D eigenvalue weighted by Crippen LogP contribution is 2.08. The molecule has 0 saturated carbocycles. The minimum atomic E-state index is 0.